The largest absolute Gasteiger partial charge is 0.467 e. The Morgan fingerprint density at radius 3 is 2.95 bits per heavy atom. The van der Waals surface area contributed by atoms with E-state index in [1.165, 1.54) is 4.88 Å². The SMILES string of the molecule is CCSc1nc2sc(CC)cc2c(=O)n1Cc1ccco1. The third kappa shape index (κ3) is 2.78. The Kier molecular flexibility index (Phi) is 4.17. The molecule has 0 fully saturated rings. The maximum Gasteiger partial charge on any atom is 0.263 e. The van der Waals surface area contributed by atoms with E-state index < -0.39 is 0 Å². The van der Waals surface area contributed by atoms with E-state index in [4.69, 9.17) is 4.42 Å². The molecule has 0 aliphatic heterocycles. The van der Waals surface area contributed by atoms with Crippen LogP contribution < -0.4 is 5.56 Å². The van der Waals surface area contributed by atoms with E-state index in [0.29, 0.717) is 11.9 Å². The van der Waals surface area contributed by atoms with E-state index >= 15 is 0 Å². The van der Waals surface area contributed by atoms with Crippen molar-refractivity contribution in [3.63, 3.8) is 0 Å². The molecule has 0 N–H and O–H groups in total. The van der Waals surface area contributed by atoms with Crippen molar-refractivity contribution >= 4 is 33.3 Å². The van der Waals surface area contributed by atoms with Crippen LogP contribution in [0, 0.1) is 0 Å². The van der Waals surface area contributed by atoms with Crippen LogP contribution in [0.4, 0.5) is 0 Å². The van der Waals surface area contributed by atoms with Crippen LogP contribution in [-0.2, 0) is 13.0 Å². The molecule has 3 aromatic rings. The summed E-state index contributed by atoms with van der Waals surface area (Å²) >= 11 is 3.19. The van der Waals surface area contributed by atoms with E-state index in [2.05, 4.69) is 18.8 Å². The second-order valence-electron chi connectivity index (χ2n) is 4.58. The van der Waals surface area contributed by atoms with Crippen LogP contribution in [0.1, 0.15) is 24.5 Å². The minimum atomic E-state index is 0.0169. The van der Waals surface area contributed by atoms with Gasteiger partial charge in [0.1, 0.15) is 10.6 Å². The number of nitrogens with zero attached hydrogens (tertiary/aromatic N) is 2. The molecule has 0 saturated heterocycles. The van der Waals surface area contributed by atoms with Crippen molar-refractivity contribution in [1.82, 2.24) is 9.55 Å². The van der Waals surface area contributed by atoms with Crippen LogP contribution in [0.3, 0.4) is 0 Å². The van der Waals surface area contributed by atoms with Gasteiger partial charge in [-0.25, -0.2) is 4.98 Å². The molecule has 3 aromatic heterocycles. The van der Waals surface area contributed by atoms with Gasteiger partial charge in [0, 0.05) is 4.88 Å². The third-order valence-corrected chi connectivity index (χ3v) is 5.21. The molecule has 0 unspecified atom stereocenters. The van der Waals surface area contributed by atoms with Gasteiger partial charge in [0.05, 0.1) is 18.2 Å². The number of hydrogen-bond acceptors (Lipinski definition) is 5. The Hall–Kier alpha value is -1.53. The highest BCUT2D eigenvalue weighted by Crippen LogP contribution is 2.25. The number of aryl methyl sites for hydroxylation is 1. The van der Waals surface area contributed by atoms with Gasteiger partial charge in [-0.3, -0.25) is 9.36 Å². The van der Waals surface area contributed by atoms with Crippen LogP contribution >= 0.6 is 23.1 Å². The number of aromatic nitrogens is 2. The topological polar surface area (TPSA) is 48.0 Å². The Morgan fingerprint density at radius 1 is 1.43 bits per heavy atom. The van der Waals surface area contributed by atoms with E-state index in [1.54, 1.807) is 33.9 Å². The van der Waals surface area contributed by atoms with Gasteiger partial charge in [-0.05, 0) is 30.4 Å². The molecular formula is C15H16N2O2S2. The number of hydrogen-bond donors (Lipinski definition) is 0. The van der Waals surface area contributed by atoms with E-state index in [9.17, 15) is 4.79 Å². The molecule has 0 atom stereocenters. The van der Waals surface area contributed by atoms with Gasteiger partial charge >= 0.3 is 0 Å². The average molecular weight is 320 g/mol. The van der Waals surface area contributed by atoms with E-state index in [1.807, 2.05) is 18.2 Å². The molecule has 6 heteroatoms. The molecule has 0 radical (unpaired) electrons. The van der Waals surface area contributed by atoms with Gasteiger partial charge in [0.25, 0.3) is 5.56 Å². The average Bonchev–Trinajstić information content (AvgIpc) is 3.12. The highest BCUT2D eigenvalue weighted by Gasteiger charge is 2.14. The molecule has 0 aliphatic rings. The maximum atomic E-state index is 12.8. The summed E-state index contributed by atoms with van der Waals surface area (Å²) in [6.07, 6.45) is 2.55. The van der Waals surface area contributed by atoms with Crippen LogP contribution in [0.5, 0.6) is 0 Å². The van der Waals surface area contributed by atoms with E-state index in [0.717, 1.165) is 27.9 Å². The first-order valence-electron chi connectivity index (χ1n) is 6.91. The number of thiophene rings is 1. The summed E-state index contributed by atoms with van der Waals surface area (Å²) in [5.41, 5.74) is 0.0169. The molecular weight excluding hydrogens is 304 g/mol. The van der Waals surface area contributed by atoms with Crippen LogP contribution in [0.15, 0.2) is 38.8 Å². The number of fused-ring (bicyclic) bond motifs is 1. The van der Waals surface area contributed by atoms with Crippen molar-refractivity contribution in [2.45, 2.75) is 32.0 Å². The number of rotatable bonds is 5. The zero-order chi connectivity index (χ0) is 14.8. The molecule has 0 spiro atoms. The molecule has 0 saturated carbocycles. The minimum Gasteiger partial charge on any atom is -0.467 e. The van der Waals surface area contributed by atoms with Gasteiger partial charge < -0.3 is 4.42 Å². The fourth-order valence-electron chi connectivity index (χ4n) is 2.16. The second kappa shape index (κ2) is 6.07. The molecule has 21 heavy (non-hydrogen) atoms. The van der Waals surface area contributed by atoms with Crippen LogP contribution in [0.2, 0.25) is 0 Å². The van der Waals surface area contributed by atoms with Gasteiger partial charge in [-0.1, -0.05) is 25.6 Å². The molecule has 3 heterocycles. The second-order valence-corrected chi connectivity index (χ2v) is 6.93. The molecule has 3 rings (SSSR count). The lowest BCUT2D eigenvalue weighted by Crippen LogP contribution is -2.23. The minimum absolute atomic E-state index is 0.0169. The molecule has 4 nitrogen and oxygen atoms in total. The van der Waals surface area contributed by atoms with Gasteiger partial charge in [0.2, 0.25) is 0 Å². The first kappa shape index (κ1) is 14.4. The first-order chi connectivity index (χ1) is 10.2. The monoisotopic (exact) mass is 320 g/mol. The first-order valence-corrected chi connectivity index (χ1v) is 8.71. The van der Waals surface area contributed by atoms with E-state index in [-0.39, 0.29) is 5.56 Å². The molecule has 0 aromatic carbocycles. The molecule has 0 aliphatic carbocycles. The Labute approximate surface area is 130 Å². The summed E-state index contributed by atoms with van der Waals surface area (Å²) in [5.74, 6) is 1.64. The fourth-order valence-corrected chi connectivity index (χ4v) is 3.89. The van der Waals surface area contributed by atoms with Crippen LogP contribution in [-0.4, -0.2) is 15.3 Å². The quantitative estimate of drug-likeness (QED) is 0.530. The summed E-state index contributed by atoms with van der Waals surface area (Å²) in [6, 6.07) is 5.68. The van der Waals surface area contributed by atoms with Crippen molar-refractivity contribution in [2.75, 3.05) is 5.75 Å². The highest BCUT2D eigenvalue weighted by atomic mass is 32.2. The van der Waals surface area contributed by atoms with Crippen molar-refractivity contribution in [1.29, 1.82) is 0 Å². The Balaban J connectivity index is 2.16. The number of thioether (sulfide) groups is 1. The highest BCUT2D eigenvalue weighted by molar-refractivity contribution is 7.99. The van der Waals surface area contributed by atoms with Gasteiger partial charge in [-0.2, -0.15) is 0 Å². The Morgan fingerprint density at radius 2 is 2.29 bits per heavy atom. The predicted octanol–water partition coefficient (Wildman–Crippen LogP) is 3.77. The van der Waals surface area contributed by atoms with Crippen molar-refractivity contribution < 1.29 is 4.42 Å². The predicted molar refractivity (Wildman–Crippen MR) is 87.5 cm³/mol. The standard InChI is InChI=1S/C15H16N2O2S2/c1-3-11-8-12-13(21-11)16-15(20-4-2)17(14(12)18)9-10-6-5-7-19-10/h5-8H,3-4,9H2,1-2H3. The maximum absolute atomic E-state index is 12.8. The molecule has 0 bridgehead atoms. The summed E-state index contributed by atoms with van der Waals surface area (Å²) < 4.78 is 7.08. The summed E-state index contributed by atoms with van der Waals surface area (Å²) in [7, 11) is 0. The normalized spacial score (nSPS) is 11.3. The zero-order valence-corrected chi connectivity index (χ0v) is 13.6. The smallest absolute Gasteiger partial charge is 0.263 e. The van der Waals surface area contributed by atoms with Crippen LogP contribution in [0.25, 0.3) is 10.2 Å². The van der Waals surface area contributed by atoms with Crippen molar-refractivity contribution in [3.05, 3.63) is 45.5 Å². The summed E-state index contributed by atoms with van der Waals surface area (Å²) in [6.45, 7) is 4.58. The number of furan rings is 1. The van der Waals surface area contributed by atoms with Gasteiger partial charge in [0.15, 0.2) is 5.16 Å². The Bertz CT molecular complexity index is 803. The third-order valence-electron chi connectivity index (χ3n) is 3.18. The fraction of sp³-hybridized carbons (Fsp3) is 0.333. The van der Waals surface area contributed by atoms with Gasteiger partial charge in [-0.15, -0.1) is 11.3 Å². The lowest BCUT2D eigenvalue weighted by molar-refractivity contribution is 0.477. The lowest BCUT2D eigenvalue weighted by Gasteiger charge is -2.09. The molecule has 110 valence electrons. The summed E-state index contributed by atoms with van der Waals surface area (Å²) in [5, 5.41) is 1.47. The lowest BCUT2D eigenvalue weighted by atomic mass is 10.3. The van der Waals surface area contributed by atoms with Crippen molar-refractivity contribution in [2.24, 2.45) is 0 Å². The zero-order valence-electron chi connectivity index (χ0n) is 12.0. The molecule has 0 amide bonds. The summed E-state index contributed by atoms with van der Waals surface area (Å²) in [4.78, 5) is 19.5. The van der Waals surface area contributed by atoms with Crippen molar-refractivity contribution in [3.8, 4) is 0 Å².